The summed E-state index contributed by atoms with van der Waals surface area (Å²) in [6.07, 6.45) is 2.03. The predicted octanol–water partition coefficient (Wildman–Crippen LogP) is 3.56. The molecule has 2 heteroatoms. The van der Waals surface area contributed by atoms with Crippen LogP contribution < -0.4 is 0 Å². The fourth-order valence-corrected chi connectivity index (χ4v) is 1.90. The Morgan fingerprint density at radius 3 is 2.27 bits per heavy atom. The molecule has 1 aromatic rings. The van der Waals surface area contributed by atoms with Crippen molar-refractivity contribution in [2.75, 3.05) is 0 Å². The van der Waals surface area contributed by atoms with E-state index in [0.717, 1.165) is 29.8 Å². The maximum absolute atomic E-state index is 12.1. The number of ketones is 1. The van der Waals surface area contributed by atoms with Crippen molar-refractivity contribution in [3.05, 3.63) is 22.5 Å². The van der Waals surface area contributed by atoms with Crippen LogP contribution in [0.1, 0.15) is 54.0 Å². The monoisotopic (exact) mass is 207 g/mol. The summed E-state index contributed by atoms with van der Waals surface area (Å²) in [6.45, 7) is 10.2. The maximum Gasteiger partial charge on any atom is 0.182 e. The van der Waals surface area contributed by atoms with E-state index in [0.29, 0.717) is 0 Å². The Kier molecular flexibility index (Phi) is 3.72. The molecule has 0 aliphatic heterocycles. The van der Waals surface area contributed by atoms with E-state index in [4.69, 9.17) is 0 Å². The van der Waals surface area contributed by atoms with Gasteiger partial charge in [0.1, 0.15) is 0 Å². The molecule has 0 aliphatic rings. The van der Waals surface area contributed by atoms with Gasteiger partial charge in [-0.3, -0.25) is 4.79 Å². The zero-order valence-electron chi connectivity index (χ0n) is 10.4. The minimum Gasteiger partial charge on any atom is -0.356 e. The average Bonchev–Trinajstić information content (AvgIpc) is 2.45. The van der Waals surface area contributed by atoms with Gasteiger partial charge in [-0.1, -0.05) is 20.3 Å². The van der Waals surface area contributed by atoms with Crippen LogP contribution in [-0.2, 0) is 0 Å². The van der Waals surface area contributed by atoms with Gasteiger partial charge in [-0.2, -0.15) is 0 Å². The lowest BCUT2D eigenvalue weighted by atomic mass is 9.96. The molecule has 0 spiro atoms. The van der Waals surface area contributed by atoms with Crippen molar-refractivity contribution in [3.63, 3.8) is 0 Å². The molecule has 15 heavy (non-hydrogen) atoms. The Labute approximate surface area is 92.1 Å². The Balaban J connectivity index is 2.96. The van der Waals surface area contributed by atoms with E-state index in [2.05, 4.69) is 18.8 Å². The minimum atomic E-state index is 0.131. The first kappa shape index (κ1) is 12.0. The Morgan fingerprint density at radius 1 is 1.27 bits per heavy atom. The molecule has 1 aromatic heterocycles. The second-order valence-electron chi connectivity index (χ2n) is 4.43. The highest BCUT2D eigenvalue weighted by molar-refractivity contribution is 5.97. The third-order valence-electron chi connectivity index (χ3n) is 3.23. The molecule has 0 saturated carbocycles. The summed E-state index contributed by atoms with van der Waals surface area (Å²) >= 11 is 0. The molecule has 0 aromatic carbocycles. The summed E-state index contributed by atoms with van der Waals surface area (Å²) in [5, 5.41) is 0. The number of carbonyl (C=O) groups excluding carboxylic acids is 1. The van der Waals surface area contributed by atoms with E-state index in [-0.39, 0.29) is 11.7 Å². The van der Waals surface area contributed by atoms with Crippen molar-refractivity contribution in [3.8, 4) is 0 Å². The van der Waals surface area contributed by atoms with Crippen LogP contribution >= 0.6 is 0 Å². The van der Waals surface area contributed by atoms with Gasteiger partial charge in [0, 0.05) is 11.6 Å². The molecule has 0 radical (unpaired) electrons. The Bertz CT molecular complexity index is 363. The van der Waals surface area contributed by atoms with Crippen molar-refractivity contribution in [2.45, 2.75) is 47.5 Å². The van der Waals surface area contributed by atoms with Crippen molar-refractivity contribution in [2.24, 2.45) is 5.92 Å². The van der Waals surface area contributed by atoms with Crippen molar-refractivity contribution >= 4 is 5.78 Å². The molecular formula is C13H21NO. The number of aromatic amines is 1. The van der Waals surface area contributed by atoms with E-state index < -0.39 is 0 Å². The lowest BCUT2D eigenvalue weighted by molar-refractivity contribution is 0.0918. The second kappa shape index (κ2) is 4.65. The van der Waals surface area contributed by atoms with Gasteiger partial charge in [-0.25, -0.2) is 0 Å². The van der Waals surface area contributed by atoms with E-state index in [9.17, 15) is 4.79 Å². The van der Waals surface area contributed by atoms with Crippen LogP contribution in [0.4, 0.5) is 0 Å². The number of rotatable bonds is 4. The van der Waals surface area contributed by atoms with E-state index in [1.165, 1.54) is 5.56 Å². The molecular weight excluding hydrogens is 186 g/mol. The van der Waals surface area contributed by atoms with E-state index in [1.54, 1.807) is 0 Å². The van der Waals surface area contributed by atoms with Crippen LogP contribution in [0.5, 0.6) is 0 Å². The van der Waals surface area contributed by atoms with Crippen molar-refractivity contribution < 1.29 is 4.79 Å². The number of hydrogen-bond donors (Lipinski definition) is 1. The highest BCUT2D eigenvalue weighted by Crippen LogP contribution is 2.21. The molecule has 0 amide bonds. The number of aromatic nitrogens is 1. The summed E-state index contributed by atoms with van der Waals surface area (Å²) < 4.78 is 0. The normalized spacial score (nSPS) is 12.9. The summed E-state index contributed by atoms with van der Waals surface area (Å²) in [7, 11) is 0. The van der Waals surface area contributed by atoms with Crippen LogP contribution in [-0.4, -0.2) is 10.8 Å². The van der Waals surface area contributed by atoms with E-state index in [1.807, 2.05) is 20.8 Å². The summed E-state index contributed by atoms with van der Waals surface area (Å²) in [5.41, 5.74) is 4.24. The smallest absolute Gasteiger partial charge is 0.182 e. The number of carbonyl (C=O) groups is 1. The maximum atomic E-state index is 12.1. The zero-order valence-corrected chi connectivity index (χ0v) is 10.4. The molecule has 0 fully saturated rings. The van der Waals surface area contributed by atoms with Crippen LogP contribution in [0.3, 0.4) is 0 Å². The van der Waals surface area contributed by atoms with Gasteiger partial charge in [-0.15, -0.1) is 0 Å². The van der Waals surface area contributed by atoms with Gasteiger partial charge in [0.2, 0.25) is 0 Å². The van der Waals surface area contributed by atoms with Crippen molar-refractivity contribution in [1.82, 2.24) is 4.98 Å². The fourth-order valence-electron chi connectivity index (χ4n) is 1.90. The Hall–Kier alpha value is -1.05. The quantitative estimate of drug-likeness (QED) is 0.752. The molecule has 0 aliphatic carbocycles. The van der Waals surface area contributed by atoms with Gasteiger partial charge in [0.15, 0.2) is 5.78 Å². The predicted molar refractivity (Wildman–Crippen MR) is 63.4 cm³/mol. The molecule has 1 heterocycles. The lowest BCUT2D eigenvalue weighted by Crippen LogP contribution is -2.12. The van der Waals surface area contributed by atoms with Gasteiger partial charge in [0.25, 0.3) is 0 Å². The average molecular weight is 207 g/mol. The lowest BCUT2D eigenvalue weighted by Gasteiger charge is -2.08. The highest BCUT2D eigenvalue weighted by Gasteiger charge is 2.19. The molecule has 2 nitrogen and oxygen atoms in total. The molecule has 1 atom stereocenters. The number of nitrogens with one attached hydrogen (secondary N) is 1. The van der Waals surface area contributed by atoms with Gasteiger partial charge >= 0.3 is 0 Å². The van der Waals surface area contributed by atoms with Crippen LogP contribution in [0, 0.1) is 26.7 Å². The topological polar surface area (TPSA) is 32.9 Å². The largest absolute Gasteiger partial charge is 0.356 e. The third-order valence-corrected chi connectivity index (χ3v) is 3.23. The molecule has 1 rings (SSSR count). The van der Waals surface area contributed by atoms with Crippen molar-refractivity contribution in [1.29, 1.82) is 0 Å². The molecule has 0 bridgehead atoms. The summed E-state index contributed by atoms with van der Waals surface area (Å²) in [6, 6.07) is 0. The molecule has 1 N–H and O–H groups in total. The highest BCUT2D eigenvalue weighted by atomic mass is 16.1. The van der Waals surface area contributed by atoms with Gasteiger partial charge < -0.3 is 4.98 Å². The molecule has 0 saturated heterocycles. The van der Waals surface area contributed by atoms with Gasteiger partial charge in [-0.05, 0) is 38.3 Å². The molecule has 84 valence electrons. The standard InChI is InChI=1S/C13H21NO/c1-6-7-8(2)13(15)12-10(4)9(3)11(5)14-12/h8,14H,6-7H2,1-5H3. The van der Waals surface area contributed by atoms with Crippen LogP contribution in [0.15, 0.2) is 0 Å². The zero-order chi connectivity index (χ0) is 11.6. The number of H-pyrrole nitrogens is 1. The molecule has 1 unspecified atom stereocenters. The summed E-state index contributed by atoms with van der Waals surface area (Å²) in [4.78, 5) is 15.3. The first-order chi connectivity index (χ1) is 6.99. The van der Waals surface area contributed by atoms with Crippen LogP contribution in [0.2, 0.25) is 0 Å². The first-order valence-corrected chi connectivity index (χ1v) is 5.69. The first-order valence-electron chi connectivity index (χ1n) is 5.69. The van der Waals surface area contributed by atoms with E-state index >= 15 is 0 Å². The summed E-state index contributed by atoms with van der Waals surface area (Å²) in [5.74, 6) is 0.386. The van der Waals surface area contributed by atoms with Crippen LogP contribution in [0.25, 0.3) is 0 Å². The Morgan fingerprint density at radius 2 is 1.87 bits per heavy atom. The third kappa shape index (κ3) is 2.31. The van der Waals surface area contributed by atoms with Gasteiger partial charge in [0.05, 0.1) is 5.69 Å². The second-order valence-corrected chi connectivity index (χ2v) is 4.43. The number of hydrogen-bond acceptors (Lipinski definition) is 1. The fraction of sp³-hybridized carbons (Fsp3) is 0.615. The SMILES string of the molecule is CCCC(C)C(=O)c1[nH]c(C)c(C)c1C. The number of Topliss-reactive ketones (excluding diaryl/α,β-unsaturated/α-hetero) is 1. The minimum absolute atomic E-state index is 0.131. The number of aryl methyl sites for hydroxylation is 1.